The minimum atomic E-state index is 0.230. The minimum absolute atomic E-state index is 0.230. The second-order valence-electron chi connectivity index (χ2n) is 5.53. The molecular weight excluding hydrogens is 240 g/mol. The van der Waals surface area contributed by atoms with Gasteiger partial charge in [-0.15, -0.1) is 0 Å². The predicted molar refractivity (Wildman–Crippen MR) is 76.4 cm³/mol. The topological polar surface area (TPSA) is 47.7 Å². The summed E-state index contributed by atoms with van der Waals surface area (Å²) in [6, 6.07) is 6.33. The molecular formula is C15H24N2O2. The average molecular weight is 264 g/mol. The summed E-state index contributed by atoms with van der Waals surface area (Å²) in [6.07, 6.45) is 1.18. The van der Waals surface area contributed by atoms with Gasteiger partial charge in [-0.3, -0.25) is 4.90 Å². The van der Waals surface area contributed by atoms with Gasteiger partial charge in [-0.1, -0.05) is 19.9 Å². The number of nitrogens with zero attached hydrogens (tertiary/aromatic N) is 1. The van der Waals surface area contributed by atoms with Crippen LogP contribution in [0.1, 0.15) is 31.9 Å². The summed E-state index contributed by atoms with van der Waals surface area (Å²) in [5.74, 6) is 2.36. The first-order valence-electron chi connectivity index (χ1n) is 6.91. The van der Waals surface area contributed by atoms with Crippen molar-refractivity contribution < 1.29 is 9.47 Å². The van der Waals surface area contributed by atoms with E-state index < -0.39 is 0 Å². The van der Waals surface area contributed by atoms with Gasteiger partial charge in [0.2, 0.25) is 6.79 Å². The Morgan fingerprint density at radius 2 is 2.00 bits per heavy atom. The van der Waals surface area contributed by atoms with Gasteiger partial charge in [0.1, 0.15) is 0 Å². The van der Waals surface area contributed by atoms with Crippen molar-refractivity contribution >= 4 is 0 Å². The Bertz CT molecular complexity index is 421. The van der Waals surface area contributed by atoms with Crippen LogP contribution in [0.25, 0.3) is 0 Å². The highest BCUT2D eigenvalue weighted by molar-refractivity contribution is 5.45. The van der Waals surface area contributed by atoms with E-state index >= 15 is 0 Å². The lowest BCUT2D eigenvalue weighted by Gasteiger charge is -2.28. The molecule has 0 aromatic heterocycles. The molecule has 1 aliphatic heterocycles. The van der Waals surface area contributed by atoms with Crippen LogP contribution in [-0.4, -0.2) is 31.8 Å². The van der Waals surface area contributed by atoms with E-state index in [9.17, 15) is 0 Å². The molecule has 0 saturated heterocycles. The van der Waals surface area contributed by atoms with Gasteiger partial charge >= 0.3 is 0 Å². The van der Waals surface area contributed by atoms with Crippen molar-refractivity contribution in [3.63, 3.8) is 0 Å². The van der Waals surface area contributed by atoms with Crippen LogP contribution in [-0.2, 0) is 0 Å². The van der Waals surface area contributed by atoms with Crippen LogP contribution in [0.2, 0.25) is 0 Å². The Morgan fingerprint density at radius 3 is 2.68 bits per heavy atom. The molecule has 1 atom stereocenters. The third kappa shape index (κ3) is 3.39. The van der Waals surface area contributed by atoms with Crippen molar-refractivity contribution in [2.45, 2.75) is 26.3 Å². The molecule has 1 heterocycles. The maximum absolute atomic E-state index is 5.94. The van der Waals surface area contributed by atoms with Gasteiger partial charge in [0, 0.05) is 12.6 Å². The van der Waals surface area contributed by atoms with Crippen LogP contribution in [0.4, 0.5) is 0 Å². The first-order chi connectivity index (χ1) is 9.11. The van der Waals surface area contributed by atoms with Gasteiger partial charge < -0.3 is 15.2 Å². The third-order valence-corrected chi connectivity index (χ3v) is 3.60. The van der Waals surface area contributed by atoms with E-state index in [-0.39, 0.29) is 6.04 Å². The third-order valence-electron chi connectivity index (χ3n) is 3.60. The zero-order valence-corrected chi connectivity index (χ0v) is 12.1. The maximum atomic E-state index is 5.94. The van der Waals surface area contributed by atoms with Crippen molar-refractivity contribution in [2.24, 2.45) is 11.7 Å². The lowest BCUT2D eigenvalue weighted by atomic mass is 10.0. The van der Waals surface area contributed by atoms with Crippen LogP contribution in [0.5, 0.6) is 11.5 Å². The molecule has 1 aromatic carbocycles. The summed E-state index contributed by atoms with van der Waals surface area (Å²) in [6.45, 7) is 6.45. The molecule has 4 heteroatoms. The molecule has 19 heavy (non-hydrogen) atoms. The number of hydrogen-bond donors (Lipinski definition) is 1. The fraction of sp³-hybridized carbons (Fsp3) is 0.600. The van der Waals surface area contributed by atoms with Crippen LogP contribution < -0.4 is 15.2 Å². The standard InChI is InChI=1S/C15H24N2O2/c1-11(2)6-7-17(3)13(9-16)12-4-5-14-15(8-12)19-10-18-14/h4-5,8,11,13H,6-7,9-10,16H2,1-3H3. The molecule has 0 spiro atoms. The molecule has 0 fully saturated rings. The zero-order valence-electron chi connectivity index (χ0n) is 12.1. The first kappa shape index (κ1) is 14.2. The molecule has 0 radical (unpaired) electrons. The number of hydrogen-bond acceptors (Lipinski definition) is 4. The Morgan fingerprint density at radius 1 is 1.26 bits per heavy atom. The Kier molecular flexibility index (Phi) is 4.66. The highest BCUT2D eigenvalue weighted by atomic mass is 16.7. The van der Waals surface area contributed by atoms with Crippen LogP contribution >= 0.6 is 0 Å². The normalized spacial score (nSPS) is 15.3. The van der Waals surface area contributed by atoms with Gasteiger partial charge in [0.25, 0.3) is 0 Å². The van der Waals surface area contributed by atoms with E-state index in [0.29, 0.717) is 19.3 Å². The van der Waals surface area contributed by atoms with E-state index in [4.69, 9.17) is 15.2 Å². The fourth-order valence-electron chi connectivity index (χ4n) is 2.31. The molecule has 106 valence electrons. The molecule has 0 amide bonds. The minimum Gasteiger partial charge on any atom is -0.454 e. The number of ether oxygens (including phenoxy) is 2. The van der Waals surface area contributed by atoms with Crippen LogP contribution in [0.15, 0.2) is 18.2 Å². The molecule has 2 N–H and O–H groups in total. The quantitative estimate of drug-likeness (QED) is 0.857. The predicted octanol–water partition coefficient (Wildman–Crippen LogP) is 2.39. The van der Waals surface area contributed by atoms with Crippen molar-refractivity contribution in [1.82, 2.24) is 4.90 Å². The van der Waals surface area contributed by atoms with Gasteiger partial charge in [-0.25, -0.2) is 0 Å². The summed E-state index contributed by atoms with van der Waals surface area (Å²) in [5, 5.41) is 0. The van der Waals surface area contributed by atoms with E-state index in [1.54, 1.807) is 0 Å². The summed E-state index contributed by atoms with van der Waals surface area (Å²) in [7, 11) is 2.13. The molecule has 0 saturated carbocycles. The fourth-order valence-corrected chi connectivity index (χ4v) is 2.31. The number of likely N-dealkylation sites (N-methyl/N-ethyl adjacent to an activating group) is 1. The number of nitrogens with two attached hydrogens (primary N) is 1. The zero-order chi connectivity index (χ0) is 13.8. The molecule has 1 unspecified atom stereocenters. The number of rotatable bonds is 6. The van der Waals surface area contributed by atoms with Crippen LogP contribution in [0, 0.1) is 5.92 Å². The van der Waals surface area contributed by atoms with Crippen LogP contribution in [0.3, 0.4) is 0 Å². The highest BCUT2D eigenvalue weighted by Crippen LogP contribution is 2.35. The van der Waals surface area contributed by atoms with Crippen molar-refractivity contribution in [3.8, 4) is 11.5 Å². The summed E-state index contributed by atoms with van der Waals surface area (Å²) in [5.41, 5.74) is 7.14. The second-order valence-corrected chi connectivity index (χ2v) is 5.53. The average Bonchev–Trinajstić information content (AvgIpc) is 2.84. The van der Waals surface area contributed by atoms with Crippen molar-refractivity contribution in [2.75, 3.05) is 26.9 Å². The summed E-state index contributed by atoms with van der Waals surface area (Å²) in [4.78, 5) is 2.32. The number of benzene rings is 1. The monoisotopic (exact) mass is 264 g/mol. The molecule has 1 aromatic rings. The number of fused-ring (bicyclic) bond motifs is 1. The Labute approximate surface area is 115 Å². The van der Waals surface area contributed by atoms with Crippen molar-refractivity contribution in [1.29, 1.82) is 0 Å². The van der Waals surface area contributed by atoms with E-state index in [1.807, 2.05) is 12.1 Å². The molecule has 0 aliphatic carbocycles. The SMILES string of the molecule is CC(C)CCN(C)C(CN)c1ccc2c(c1)OCO2. The lowest BCUT2D eigenvalue weighted by Crippen LogP contribution is -2.31. The van der Waals surface area contributed by atoms with E-state index in [2.05, 4.69) is 31.9 Å². The summed E-state index contributed by atoms with van der Waals surface area (Å²) < 4.78 is 10.8. The van der Waals surface area contributed by atoms with Crippen molar-refractivity contribution in [3.05, 3.63) is 23.8 Å². The molecule has 4 nitrogen and oxygen atoms in total. The van der Waals surface area contributed by atoms with Gasteiger partial charge in [0.05, 0.1) is 0 Å². The van der Waals surface area contributed by atoms with Gasteiger partial charge in [-0.05, 0) is 43.6 Å². The Balaban J connectivity index is 2.08. The molecule has 2 rings (SSSR count). The smallest absolute Gasteiger partial charge is 0.231 e. The lowest BCUT2D eigenvalue weighted by molar-refractivity contribution is 0.173. The Hall–Kier alpha value is -1.26. The van der Waals surface area contributed by atoms with E-state index in [0.717, 1.165) is 18.0 Å². The molecule has 1 aliphatic rings. The van der Waals surface area contributed by atoms with Gasteiger partial charge in [-0.2, -0.15) is 0 Å². The highest BCUT2D eigenvalue weighted by Gasteiger charge is 2.20. The van der Waals surface area contributed by atoms with E-state index in [1.165, 1.54) is 12.0 Å². The largest absolute Gasteiger partial charge is 0.454 e. The first-order valence-corrected chi connectivity index (χ1v) is 6.91. The summed E-state index contributed by atoms with van der Waals surface area (Å²) >= 11 is 0. The maximum Gasteiger partial charge on any atom is 0.231 e. The second kappa shape index (κ2) is 6.26. The van der Waals surface area contributed by atoms with Gasteiger partial charge in [0.15, 0.2) is 11.5 Å². The molecule has 0 bridgehead atoms.